The van der Waals surface area contributed by atoms with Crippen molar-refractivity contribution in [1.29, 1.82) is 0 Å². The fourth-order valence-corrected chi connectivity index (χ4v) is 2.88. The lowest BCUT2D eigenvalue weighted by Gasteiger charge is -2.21. The van der Waals surface area contributed by atoms with Gasteiger partial charge in [-0.15, -0.1) is 0 Å². The van der Waals surface area contributed by atoms with E-state index in [1.54, 1.807) is 50.5 Å². The van der Waals surface area contributed by atoms with E-state index < -0.39 is 11.5 Å². The van der Waals surface area contributed by atoms with Crippen LogP contribution in [0.5, 0.6) is 0 Å². The van der Waals surface area contributed by atoms with Crippen LogP contribution in [0.1, 0.15) is 42.3 Å². The highest BCUT2D eigenvalue weighted by molar-refractivity contribution is 5.97. The molecular weight excluding hydrogens is 344 g/mol. The van der Waals surface area contributed by atoms with Crippen LogP contribution in [0.2, 0.25) is 0 Å². The lowest BCUT2D eigenvalue weighted by Crippen LogP contribution is -2.19. The number of rotatable bonds is 5. The molecule has 1 aromatic carbocycles. The second-order valence-corrected chi connectivity index (χ2v) is 6.81. The molecule has 1 amide bonds. The van der Waals surface area contributed by atoms with Gasteiger partial charge < -0.3 is 15.8 Å². The number of H-pyrrole nitrogens is 1. The fraction of sp³-hybridized carbons (Fsp3) is 0.200. The zero-order chi connectivity index (χ0) is 19.8. The Morgan fingerprint density at radius 3 is 2.67 bits per heavy atom. The minimum Gasteiger partial charge on any atom is -0.386 e. The molecule has 4 N–H and O–H groups in total. The predicted octanol–water partition coefficient (Wildman–Crippen LogP) is 2.55. The molecule has 0 fully saturated rings. The molecule has 0 spiro atoms. The first-order valence-corrected chi connectivity index (χ1v) is 8.36. The van der Waals surface area contributed by atoms with Crippen LogP contribution in [0.4, 0.5) is 0 Å². The number of nitrogens with two attached hydrogens (primary N) is 1. The summed E-state index contributed by atoms with van der Waals surface area (Å²) in [5.41, 5.74) is 8.11. The van der Waals surface area contributed by atoms with Gasteiger partial charge in [0.1, 0.15) is 5.52 Å². The SMILES string of the molecule is CC(=O)c1cc(-c2cnc3[nH]cc(C=CC(N)=O)c3n2)ccc1C(C)(C)O. The molecule has 2 heterocycles. The van der Waals surface area contributed by atoms with E-state index in [2.05, 4.69) is 15.0 Å². The number of ketones is 1. The molecule has 0 atom stereocenters. The highest BCUT2D eigenvalue weighted by atomic mass is 16.3. The molecule has 3 aromatic rings. The summed E-state index contributed by atoms with van der Waals surface area (Å²) in [6.45, 7) is 4.73. The fourth-order valence-electron chi connectivity index (χ4n) is 2.88. The van der Waals surface area contributed by atoms with Crippen LogP contribution in [0, 0.1) is 0 Å². The van der Waals surface area contributed by atoms with Gasteiger partial charge in [-0.05, 0) is 38.5 Å². The molecule has 138 valence electrons. The van der Waals surface area contributed by atoms with Crippen molar-refractivity contribution in [3.63, 3.8) is 0 Å². The molecule has 7 heteroatoms. The van der Waals surface area contributed by atoms with Crippen molar-refractivity contribution in [3.8, 4) is 11.3 Å². The van der Waals surface area contributed by atoms with E-state index in [1.807, 2.05) is 0 Å². The molecule has 27 heavy (non-hydrogen) atoms. The summed E-state index contributed by atoms with van der Waals surface area (Å²) in [7, 11) is 0. The maximum atomic E-state index is 12.1. The highest BCUT2D eigenvalue weighted by Gasteiger charge is 2.22. The Hall–Kier alpha value is -3.32. The molecule has 0 bridgehead atoms. The second-order valence-electron chi connectivity index (χ2n) is 6.81. The van der Waals surface area contributed by atoms with Gasteiger partial charge in [-0.2, -0.15) is 0 Å². The van der Waals surface area contributed by atoms with Crippen LogP contribution in [0.25, 0.3) is 28.5 Å². The van der Waals surface area contributed by atoms with Gasteiger partial charge in [0.25, 0.3) is 0 Å². The van der Waals surface area contributed by atoms with Crippen molar-refractivity contribution in [2.75, 3.05) is 0 Å². The Balaban J connectivity index is 2.12. The van der Waals surface area contributed by atoms with Crippen LogP contribution in [-0.2, 0) is 10.4 Å². The number of benzene rings is 1. The molecule has 3 rings (SSSR count). The van der Waals surface area contributed by atoms with Gasteiger partial charge >= 0.3 is 0 Å². The summed E-state index contributed by atoms with van der Waals surface area (Å²) in [6.07, 6.45) is 6.11. The Kier molecular flexibility index (Phi) is 4.63. The minimum absolute atomic E-state index is 0.144. The first kappa shape index (κ1) is 18.5. The van der Waals surface area contributed by atoms with Crippen LogP contribution in [0.15, 0.2) is 36.7 Å². The molecule has 0 aliphatic rings. The number of aromatic amines is 1. The molecule has 0 saturated heterocycles. The molecule has 0 aliphatic carbocycles. The lowest BCUT2D eigenvalue weighted by atomic mass is 9.89. The summed E-state index contributed by atoms with van der Waals surface area (Å²) in [4.78, 5) is 35.0. The number of carbonyl (C=O) groups excluding carboxylic acids is 2. The highest BCUT2D eigenvalue weighted by Crippen LogP contribution is 2.29. The van der Waals surface area contributed by atoms with E-state index in [0.29, 0.717) is 39.1 Å². The third-order valence-electron chi connectivity index (χ3n) is 4.19. The van der Waals surface area contributed by atoms with Gasteiger partial charge in [0.15, 0.2) is 11.4 Å². The monoisotopic (exact) mass is 364 g/mol. The van der Waals surface area contributed by atoms with Crippen molar-refractivity contribution in [2.45, 2.75) is 26.4 Å². The number of hydrogen-bond donors (Lipinski definition) is 3. The van der Waals surface area contributed by atoms with E-state index in [0.717, 1.165) is 0 Å². The first-order chi connectivity index (χ1) is 12.7. The number of fused-ring (bicyclic) bond motifs is 1. The van der Waals surface area contributed by atoms with E-state index >= 15 is 0 Å². The predicted molar refractivity (Wildman–Crippen MR) is 103 cm³/mol. The average molecular weight is 364 g/mol. The summed E-state index contributed by atoms with van der Waals surface area (Å²) < 4.78 is 0. The zero-order valence-corrected chi connectivity index (χ0v) is 15.3. The lowest BCUT2D eigenvalue weighted by molar-refractivity contribution is -0.113. The van der Waals surface area contributed by atoms with Gasteiger partial charge in [-0.25, -0.2) is 9.97 Å². The number of hydrogen-bond acceptors (Lipinski definition) is 5. The number of nitrogens with zero attached hydrogens (tertiary/aromatic N) is 2. The molecule has 0 saturated carbocycles. The van der Waals surface area contributed by atoms with Crippen LogP contribution in [0.3, 0.4) is 0 Å². The van der Waals surface area contributed by atoms with E-state index in [-0.39, 0.29) is 5.78 Å². The number of amides is 1. The minimum atomic E-state index is -1.14. The second kappa shape index (κ2) is 6.77. The van der Waals surface area contributed by atoms with Crippen LogP contribution >= 0.6 is 0 Å². The summed E-state index contributed by atoms with van der Waals surface area (Å²) in [6, 6.07) is 5.22. The zero-order valence-electron chi connectivity index (χ0n) is 15.3. The molecule has 0 aliphatic heterocycles. The van der Waals surface area contributed by atoms with Gasteiger partial charge in [0.05, 0.1) is 17.5 Å². The average Bonchev–Trinajstić information content (AvgIpc) is 3.00. The summed E-state index contributed by atoms with van der Waals surface area (Å²) in [5, 5.41) is 10.3. The number of primary amides is 1. The maximum absolute atomic E-state index is 12.1. The molecule has 0 unspecified atom stereocenters. The van der Waals surface area contributed by atoms with E-state index in [1.165, 1.54) is 13.0 Å². The maximum Gasteiger partial charge on any atom is 0.241 e. The molecule has 7 nitrogen and oxygen atoms in total. The quantitative estimate of drug-likeness (QED) is 0.474. The molecular formula is C20H20N4O3. The topological polar surface area (TPSA) is 122 Å². The number of carbonyl (C=O) groups is 2. The third kappa shape index (κ3) is 3.78. The van der Waals surface area contributed by atoms with Crippen molar-refractivity contribution < 1.29 is 14.7 Å². The summed E-state index contributed by atoms with van der Waals surface area (Å²) >= 11 is 0. The molecule has 2 aromatic heterocycles. The first-order valence-electron chi connectivity index (χ1n) is 8.36. The van der Waals surface area contributed by atoms with E-state index in [4.69, 9.17) is 5.73 Å². The van der Waals surface area contributed by atoms with Gasteiger partial charge in [0.2, 0.25) is 5.91 Å². The van der Waals surface area contributed by atoms with Crippen LogP contribution in [-0.4, -0.2) is 31.7 Å². The Labute approximate surface area is 156 Å². The number of aromatic nitrogens is 3. The number of nitrogens with one attached hydrogen (secondary N) is 1. The van der Waals surface area contributed by atoms with Gasteiger partial charge in [0, 0.05) is 29.0 Å². The van der Waals surface area contributed by atoms with Crippen molar-refractivity contribution in [3.05, 3.63) is 53.4 Å². The van der Waals surface area contributed by atoms with Gasteiger partial charge in [-0.1, -0.05) is 12.1 Å². The third-order valence-corrected chi connectivity index (χ3v) is 4.19. The van der Waals surface area contributed by atoms with Crippen molar-refractivity contribution in [2.24, 2.45) is 5.73 Å². The normalized spacial score (nSPS) is 12.0. The van der Waals surface area contributed by atoms with Crippen molar-refractivity contribution >= 4 is 28.9 Å². The molecule has 0 radical (unpaired) electrons. The number of aliphatic hydroxyl groups is 1. The van der Waals surface area contributed by atoms with Gasteiger partial charge in [-0.3, -0.25) is 9.59 Å². The Bertz CT molecular complexity index is 1070. The standard InChI is InChI=1S/C20H20N4O3/c1-11(25)14-8-12(4-6-15(14)20(2,3)27)16-10-23-19-18(24-16)13(9-22-19)5-7-17(21)26/h4-10,27H,1-3H3,(H2,21,26)(H,22,23). The van der Waals surface area contributed by atoms with E-state index in [9.17, 15) is 14.7 Å². The van der Waals surface area contributed by atoms with Crippen LogP contribution < -0.4 is 5.73 Å². The Morgan fingerprint density at radius 2 is 2.04 bits per heavy atom. The number of Topliss-reactive ketones (excluding diaryl/α,β-unsaturated/α-hetero) is 1. The van der Waals surface area contributed by atoms with Crippen molar-refractivity contribution in [1.82, 2.24) is 15.0 Å². The largest absolute Gasteiger partial charge is 0.386 e. The smallest absolute Gasteiger partial charge is 0.241 e. The Morgan fingerprint density at radius 1 is 1.30 bits per heavy atom. The summed E-state index contributed by atoms with van der Waals surface area (Å²) in [5.74, 6) is -0.698.